The van der Waals surface area contributed by atoms with Gasteiger partial charge in [-0.1, -0.05) is 17.7 Å². The van der Waals surface area contributed by atoms with Gasteiger partial charge in [0.2, 0.25) is 0 Å². The van der Waals surface area contributed by atoms with E-state index in [0.717, 1.165) is 22.6 Å². The third-order valence-electron chi connectivity index (χ3n) is 5.37. The van der Waals surface area contributed by atoms with Crippen molar-refractivity contribution < 1.29 is 14.1 Å². The average Bonchev–Trinajstić information content (AvgIpc) is 3.29. The molecular formula is C24H22N4O4. The summed E-state index contributed by atoms with van der Waals surface area (Å²) in [6, 6.07) is 13.9. The number of rotatable bonds is 5. The SMILES string of the molecule is Cc1ccc(-n2c(C)cc(/C=N\NC(=O)c3cc4cc([N+](=O)[O-])ccc4o3)c2C)c(C)c1. The molecule has 0 radical (unpaired) electrons. The number of fused-ring (bicyclic) bond motifs is 1. The number of non-ortho nitro benzene ring substituents is 1. The number of carbonyl (C=O) groups excluding carboxylic acids is 1. The minimum atomic E-state index is -0.539. The molecule has 2 aromatic carbocycles. The molecule has 8 heteroatoms. The molecule has 4 rings (SSSR count). The van der Waals surface area contributed by atoms with E-state index in [1.54, 1.807) is 6.21 Å². The Morgan fingerprint density at radius 3 is 2.59 bits per heavy atom. The van der Waals surface area contributed by atoms with Crippen molar-refractivity contribution in [2.45, 2.75) is 27.7 Å². The fraction of sp³-hybridized carbons (Fsp3) is 0.167. The van der Waals surface area contributed by atoms with Gasteiger partial charge in [0.15, 0.2) is 5.76 Å². The van der Waals surface area contributed by atoms with Gasteiger partial charge >= 0.3 is 5.91 Å². The van der Waals surface area contributed by atoms with Gasteiger partial charge in [-0.3, -0.25) is 14.9 Å². The Balaban J connectivity index is 1.54. The Kier molecular flexibility index (Phi) is 5.36. The molecule has 4 aromatic rings. The van der Waals surface area contributed by atoms with Crippen molar-refractivity contribution in [3.05, 3.63) is 92.5 Å². The highest BCUT2D eigenvalue weighted by atomic mass is 16.6. The molecule has 0 atom stereocenters. The van der Waals surface area contributed by atoms with Crippen molar-refractivity contribution in [1.29, 1.82) is 0 Å². The quantitative estimate of drug-likeness (QED) is 0.269. The van der Waals surface area contributed by atoms with Crippen LogP contribution in [0.3, 0.4) is 0 Å². The summed E-state index contributed by atoms with van der Waals surface area (Å²) in [5.41, 5.74) is 9.20. The number of nitrogens with one attached hydrogen (secondary N) is 1. The number of hydrazone groups is 1. The molecule has 0 unspecified atom stereocenters. The minimum Gasteiger partial charge on any atom is -0.451 e. The van der Waals surface area contributed by atoms with Gasteiger partial charge in [0.05, 0.1) is 11.1 Å². The van der Waals surface area contributed by atoms with Gasteiger partial charge in [-0.15, -0.1) is 0 Å². The summed E-state index contributed by atoms with van der Waals surface area (Å²) >= 11 is 0. The van der Waals surface area contributed by atoms with Crippen LogP contribution in [0.2, 0.25) is 0 Å². The van der Waals surface area contributed by atoms with Crippen molar-refractivity contribution >= 4 is 28.8 Å². The van der Waals surface area contributed by atoms with Gasteiger partial charge in [-0.2, -0.15) is 5.10 Å². The predicted octanol–water partition coefficient (Wildman–Crippen LogP) is 5.13. The third-order valence-corrected chi connectivity index (χ3v) is 5.37. The van der Waals surface area contributed by atoms with E-state index in [1.165, 1.54) is 35.4 Å². The van der Waals surface area contributed by atoms with Gasteiger partial charge < -0.3 is 8.98 Å². The van der Waals surface area contributed by atoms with E-state index in [2.05, 4.69) is 47.1 Å². The second kappa shape index (κ2) is 8.14. The van der Waals surface area contributed by atoms with Crippen LogP contribution in [-0.2, 0) is 0 Å². The minimum absolute atomic E-state index is 0.0263. The molecule has 0 bridgehead atoms. The number of aryl methyl sites for hydroxylation is 3. The summed E-state index contributed by atoms with van der Waals surface area (Å²) in [5.74, 6) is -0.512. The van der Waals surface area contributed by atoms with Gasteiger partial charge in [-0.05, 0) is 57.5 Å². The monoisotopic (exact) mass is 430 g/mol. The summed E-state index contributed by atoms with van der Waals surface area (Å²) < 4.78 is 7.64. The summed E-state index contributed by atoms with van der Waals surface area (Å²) in [5, 5.41) is 15.5. The summed E-state index contributed by atoms with van der Waals surface area (Å²) in [7, 11) is 0. The summed E-state index contributed by atoms with van der Waals surface area (Å²) in [6.45, 7) is 8.17. The van der Waals surface area contributed by atoms with Crippen LogP contribution < -0.4 is 5.43 Å². The Hall–Kier alpha value is -4.20. The van der Waals surface area contributed by atoms with E-state index in [1.807, 2.05) is 19.9 Å². The van der Waals surface area contributed by atoms with Crippen LogP contribution in [0.1, 0.15) is 38.6 Å². The lowest BCUT2D eigenvalue weighted by Crippen LogP contribution is -2.16. The highest BCUT2D eigenvalue weighted by molar-refractivity contribution is 5.97. The van der Waals surface area contributed by atoms with Crippen molar-refractivity contribution in [3.63, 3.8) is 0 Å². The molecule has 8 nitrogen and oxygen atoms in total. The molecule has 32 heavy (non-hydrogen) atoms. The van der Waals surface area contributed by atoms with Gasteiger partial charge in [0.1, 0.15) is 5.58 Å². The van der Waals surface area contributed by atoms with Crippen molar-refractivity contribution in [2.24, 2.45) is 5.10 Å². The zero-order valence-electron chi connectivity index (χ0n) is 18.2. The van der Waals surface area contributed by atoms with Crippen LogP contribution in [0.15, 0.2) is 58.0 Å². The number of aromatic nitrogens is 1. The van der Waals surface area contributed by atoms with E-state index in [0.29, 0.717) is 11.0 Å². The number of carbonyl (C=O) groups is 1. The Bertz CT molecular complexity index is 1390. The Morgan fingerprint density at radius 1 is 1.09 bits per heavy atom. The molecule has 2 aromatic heterocycles. The lowest BCUT2D eigenvalue weighted by atomic mass is 10.1. The van der Waals surface area contributed by atoms with Crippen molar-refractivity contribution in [2.75, 3.05) is 0 Å². The number of hydrogen-bond acceptors (Lipinski definition) is 5. The normalized spacial score (nSPS) is 11.4. The van der Waals surface area contributed by atoms with E-state index >= 15 is 0 Å². The zero-order valence-corrected chi connectivity index (χ0v) is 18.2. The molecule has 0 spiro atoms. The molecule has 0 aliphatic heterocycles. The van der Waals surface area contributed by atoms with E-state index < -0.39 is 10.8 Å². The third kappa shape index (κ3) is 3.90. The number of nitro groups is 1. The standard InChI is InChI=1S/C24H22N4O4/c1-14-5-7-21(15(2)9-14)27-16(3)10-19(17(27)4)13-25-26-24(29)23-12-18-11-20(28(30)31)6-8-22(18)32-23/h5-13H,1-4H3,(H,26,29)/b25-13-. The fourth-order valence-corrected chi connectivity index (χ4v) is 3.82. The van der Waals surface area contributed by atoms with Gasteiger partial charge in [0, 0.05) is 40.2 Å². The van der Waals surface area contributed by atoms with Crippen LogP contribution in [0.25, 0.3) is 16.7 Å². The number of hydrogen-bond donors (Lipinski definition) is 1. The molecule has 0 saturated heterocycles. The van der Waals surface area contributed by atoms with Crippen molar-refractivity contribution in [3.8, 4) is 5.69 Å². The molecule has 0 aliphatic rings. The Morgan fingerprint density at radius 2 is 1.88 bits per heavy atom. The lowest BCUT2D eigenvalue weighted by Gasteiger charge is -2.13. The maximum Gasteiger partial charge on any atom is 0.307 e. The highest BCUT2D eigenvalue weighted by Gasteiger charge is 2.15. The second-order valence-corrected chi connectivity index (χ2v) is 7.74. The molecular weight excluding hydrogens is 408 g/mol. The molecule has 1 N–H and O–H groups in total. The molecule has 2 heterocycles. The zero-order chi connectivity index (χ0) is 23.0. The van der Waals surface area contributed by atoms with Crippen LogP contribution in [0, 0.1) is 37.8 Å². The first-order valence-electron chi connectivity index (χ1n) is 10.0. The second-order valence-electron chi connectivity index (χ2n) is 7.74. The van der Waals surface area contributed by atoms with Gasteiger partial charge in [-0.25, -0.2) is 5.43 Å². The Labute approximate surface area is 184 Å². The van der Waals surface area contributed by atoms with E-state index in [-0.39, 0.29) is 11.4 Å². The lowest BCUT2D eigenvalue weighted by molar-refractivity contribution is -0.384. The summed E-state index contributed by atoms with van der Waals surface area (Å²) in [6.07, 6.45) is 1.59. The number of benzene rings is 2. The first-order valence-corrected chi connectivity index (χ1v) is 10.0. The number of furan rings is 1. The van der Waals surface area contributed by atoms with Crippen LogP contribution in [0.4, 0.5) is 5.69 Å². The molecule has 0 saturated carbocycles. The topological polar surface area (TPSA) is 103 Å². The van der Waals surface area contributed by atoms with Crippen LogP contribution in [-0.4, -0.2) is 21.6 Å². The maximum atomic E-state index is 12.4. The fourth-order valence-electron chi connectivity index (χ4n) is 3.82. The highest BCUT2D eigenvalue weighted by Crippen LogP contribution is 2.25. The smallest absolute Gasteiger partial charge is 0.307 e. The first-order chi connectivity index (χ1) is 15.2. The van der Waals surface area contributed by atoms with E-state index in [9.17, 15) is 14.9 Å². The number of amides is 1. The largest absolute Gasteiger partial charge is 0.451 e. The average molecular weight is 430 g/mol. The van der Waals surface area contributed by atoms with E-state index in [4.69, 9.17) is 4.42 Å². The number of nitrogens with zero attached hydrogens (tertiary/aromatic N) is 3. The molecule has 1 amide bonds. The number of nitro benzene ring substituents is 1. The van der Waals surface area contributed by atoms with Crippen LogP contribution >= 0.6 is 0 Å². The van der Waals surface area contributed by atoms with Crippen molar-refractivity contribution in [1.82, 2.24) is 9.99 Å². The molecule has 162 valence electrons. The summed E-state index contributed by atoms with van der Waals surface area (Å²) in [4.78, 5) is 22.8. The van der Waals surface area contributed by atoms with Gasteiger partial charge in [0.25, 0.3) is 5.69 Å². The first kappa shape index (κ1) is 21.0. The van der Waals surface area contributed by atoms with Crippen LogP contribution in [0.5, 0.6) is 0 Å². The molecule has 0 aliphatic carbocycles. The maximum absolute atomic E-state index is 12.4. The molecule has 0 fully saturated rings. The predicted molar refractivity (Wildman–Crippen MR) is 123 cm³/mol.